The quantitative estimate of drug-likeness (QED) is 0.474. The maximum Gasteiger partial charge on any atom is 0.417 e. The topological polar surface area (TPSA) is 101 Å². The molecule has 1 N–H and O–H groups in total. The lowest BCUT2D eigenvalue weighted by Crippen LogP contribution is -2.43. The van der Waals surface area contributed by atoms with Gasteiger partial charge in [0.25, 0.3) is 0 Å². The molecule has 14 heteroatoms. The number of rotatable bonds is 5. The summed E-state index contributed by atoms with van der Waals surface area (Å²) < 4.78 is 107. The number of aryl methyl sites for hydroxylation is 1. The number of pyridine rings is 2. The SMILES string of the molecule is Cc1cc(-c2c(C#N)c3cc(C(F)(F)F)cnc3n2C2=CC=C2)ncc1S(=O)(=O)NC(C)C(F)(F)F. The van der Waals surface area contributed by atoms with E-state index in [0.29, 0.717) is 18.8 Å². The molecule has 1 unspecified atom stereocenters. The maximum absolute atomic E-state index is 13.3. The van der Waals surface area contributed by atoms with Gasteiger partial charge in [0, 0.05) is 23.5 Å². The minimum atomic E-state index is -4.82. The highest BCUT2D eigenvalue weighted by Crippen LogP contribution is 2.39. The first-order valence-electron chi connectivity index (χ1n) is 10.1. The van der Waals surface area contributed by atoms with Crippen LogP contribution in [0.1, 0.15) is 23.6 Å². The van der Waals surface area contributed by atoms with Crippen LogP contribution in [0.5, 0.6) is 0 Å². The van der Waals surface area contributed by atoms with E-state index in [-0.39, 0.29) is 33.5 Å². The summed E-state index contributed by atoms with van der Waals surface area (Å²) in [6, 6.07) is 1.53. The molecule has 1 aliphatic rings. The molecule has 0 saturated carbocycles. The Morgan fingerprint density at radius 3 is 2.28 bits per heavy atom. The molecule has 3 heterocycles. The summed E-state index contributed by atoms with van der Waals surface area (Å²) in [5.41, 5.74) is -0.648. The van der Waals surface area contributed by atoms with E-state index in [1.165, 1.54) is 22.3 Å². The Morgan fingerprint density at radius 1 is 1.11 bits per heavy atom. The summed E-state index contributed by atoms with van der Waals surface area (Å²) in [5, 5.41) is 9.74. The molecule has 36 heavy (non-hydrogen) atoms. The summed E-state index contributed by atoms with van der Waals surface area (Å²) in [7, 11) is -4.62. The van der Waals surface area contributed by atoms with Crippen LogP contribution in [0.2, 0.25) is 0 Å². The summed E-state index contributed by atoms with van der Waals surface area (Å²) in [6.45, 7) is 1.97. The van der Waals surface area contributed by atoms with Crippen LogP contribution >= 0.6 is 0 Å². The number of nitrogens with one attached hydrogen (secondary N) is 1. The maximum atomic E-state index is 13.3. The Morgan fingerprint density at radius 2 is 1.78 bits per heavy atom. The lowest BCUT2D eigenvalue weighted by Gasteiger charge is -2.18. The van der Waals surface area contributed by atoms with E-state index in [1.54, 1.807) is 18.2 Å². The van der Waals surface area contributed by atoms with Crippen molar-refractivity contribution in [2.75, 3.05) is 0 Å². The average Bonchev–Trinajstić information content (AvgIpc) is 3.04. The first-order valence-corrected chi connectivity index (χ1v) is 11.6. The van der Waals surface area contributed by atoms with Crippen molar-refractivity contribution in [3.05, 3.63) is 59.4 Å². The second-order valence-corrected chi connectivity index (χ2v) is 9.62. The van der Waals surface area contributed by atoms with Gasteiger partial charge in [0.2, 0.25) is 10.0 Å². The molecular formula is C22H15F6N5O2S. The van der Waals surface area contributed by atoms with Crippen molar-refractivity contribution in [3.63, 3.8) is 0 Å². The van der Waals surface area contributed by atoms with Gasteiger partial charge in [0.05, 0.1) is 22.5 Å². The fourth-order valence-electron chi connectivity index (χ4n) is 3.58. The van der Waals surface area contributed by atoms with E-state index in [4.69, 9.17) is 0 Å². The van der Waals surface area contributed by atoms with Crippen LogP contribution in [0.25, 0.3) is 28.1 Å². The Balaban J connectivity index is 1.90. The number of fused-ring (bicyclic) bond motifs is 1. The zero-order chi connectivity index (χ0) is 26.6. The lowest BCUT2D eigenvalue weighted by molar-refractivity contribution is -0.147. The van der Waals surface area contributed by atoms with Crippen molar-refractivity contribution >= 4 is 26.8 Å². The van der Waals surface area contributed by atoms with Gasteiger partial charge < -0.3 is 0 Å². The van der Waals surface area contributed by atoms with Crippen molar-refractivity contribution in [2.45, 2.75) is 37.1 Å². The third-order valence-corrected chi connectivity index (χ3v) is 7.13. The van der Waals surface area contributed by atoms with Gasteiger partial charge in [0.1, 0.15) is 22.7 Å². The predicted molar refractivity (Wildman–Crippen MR) is 117 cm³/mol. The van der Waals surface area contributed by atoms with Crippen LogP contribution in [-0.2, 0) is 16.2 Å². The molecule has 0 spiro atoms. The molecule has 0 aromatic carbocycles. The monoisotopic (exact) mass is 527 g/mol. The fraction of sp³-hybridized carbons (Fsp3) is 0.227. The zero-order valence-corrected chi connectivity index (χ0v) is 19.2. The van der Waals surface area contributed by atoms with Gasteiger partial charge in [-0.15, -0.1) is 0 Å². The number of sulfonamides is 1. The van der Waals surface area contributed by atoms with Gasteiger partial charge >= 0.3 is 12.4 Å². The molecular weight excluding hydrogens is 512 g/mol. The Labute approximate surface area is 200 Å². The molecule has 0 saturated heterocycles. The highest BCUT2D eigenvalue weighted by Gasteiger charge is 2.39. The van der Waals surface area contributed by atoms with Crippen molar-refractivity contribution in [1.29, 1.82) is 5.26 Å². The Bertz CT molecular complexity index is 1590. The lowest BCUT2D eigenvalue weighted by atomic mass is 10.1. The molecule has 3 aromatic heterocycles. The van der Waals surface area contributed by atoms with Crippen LogP contribution in [0, 0.1) is 18.3 Å². The highest BCUT2D eigenvalue weighted by atomic mass is 32.2. The van der Waals surface area contributed by atoms with Gasteiger partial charge in [-0.1, -0.05) is 6.08 Å². The minimum Gasteiger partial charge on any atom is -0.291 e. The third kappa shape index (κ3) is 4.35. The number of nitriles is 1. The van der Waals surface area contributed by atoms with Crippen molar-refractivity contribution in [3.8, 4) is 17.5 Å². The standard InChI is InChI=1S/C22H15F6N5O2S/c1-11-6-17(30-10-18(11)36(34,35)32-12(2)21(23,24)25)19-16(8-29)15-7-13(22(26,27)28)9-31-20(15)33(19)14-4-3-5-14/h3-7,9-10,12,32H,1-2H3. The van der Waals surface area contributed by atoms with E-state index in [1.807, 2.05) is 6.07 Å². The fourth-order valence-corrected chi connectivity index (χ4v) is 4.98. The van der Waals surface area contributed by atoms with Gasteiger partial charge in [-0.3, -0.25) is 9.55 Å². The normalized spacial score (nSPS) is 14.9. The van der Waals surface area contributed by atoms with Gasteiger partial charge in [-0.2, -0.15) is 36.3 Å². The van der Waals surface area contributed by atoms with Gasteiger partial charge in [-0.05, 0) is 43.7 Å². The van der Waals surface area contributed by atoms with Crippen molar-refractivity contribution in [1.82, 2.24) is 19.3 Å². The van der Waals surface area contributed by atoms with E-state index >= 15 is 0 Å². The van der Waals surface area contributed by atoms with Crippen LogP contribution in [-0.4, -0.2) is 35.2 Å². The molecule has 188 valence electrons. The van der Waals surface area contributed by atoms with Crippen LogP contribution in [0.3, 0.4) is 0 Å². The van der Waals surface area contributed by atoms with Crippen molar-refractivity contribution < 1.29 is 34.8 Å². The van der Waals surface area contributed by atoms with E-state index < -0.39 is 38.9 Å². The summed E-state index contributed by atoms with van der Waals surface area (Å²) in [4.78, 5) is 7.44. The average molecular weight is 527 g/mol. The first kappa shape index (κ1) is 25.4. The smallest absolute Gasteiger partial charge is 0.291 e. The zero-order valence-electron chi connectivity index (χ0n) is 18.4. The number of allylic oxidation sites excluding steroid dienone is 4. The summed E-state index contributed by atoms with van der Waals surface area (Å²) in [5.74, 6) is 0. The molecule has 0 fully saturated rings. The molecule has 0 aliphatic heterocycles. The predicted octanol–water partition coefficient (Wildman–Crippen LogP) is 4.94. The molecule has 0 radical (unpaired) electrons. The largest absolute Gasteiger partial charge is 0.417 e. The van der Waals surface area contributed by atoms with Gasteiger partial charge in [-0.25, -0.2) is 13.4 Å². The third-order valence-electron chi connectivity index (χ3n) is 5.46. The van der Waals surface area contributed by atoms with Gasteiger partial charge in [0.15, 0.2) is 0 Å². The number of hydrogen-bond acceptors (Lipinski definition) is 5. The number of halogens is 6. The van der Waals surface area contributed by atoms with E-state index in [0.717, 1.165) is 12.3 Å². The summed E-state index contributed by atoms with van der Waals surface area (Å²) in [6.07, 6.45) is -3.16. The first-order chi connectivity index (χ1) is 16.6. The molecule has 4 rings (SSSR count). The number of alkyl halides is 6. The molecule has 0 bridgehead atoms. The Kier molecular flexibility index (Phi) is 5.96. The summed E-state index contributed by atoms with van der Waals surface area (Å²) >= 11 is 0. The van der Waals surface area contributed by atoms with Crippen molar-refractivity contribution in [2.24, 2.45) is 0 Å². The molecule has 1 aliphatic carbocycles. The van der Waals surface area contributed by atoms with E-state index in [2.05, 4.69) is 9.97 Å². The second kappa shape index (κ2) is 8.45. The highest BCUT2D eigenvalue weighted by molar-refractivity contribution is 7.89. The van der Waals surface area contributed by atoms with Crippen LogP contribution in [0.4, 0.5) is 26.3 Å². The molecule has 0 amide bonds. The number of aromatic nitrogens is 3. The van der Waals surface area contributed by atoms with Crippen LogP contribution in [0.15, 0.2) is 47.6 Å². The number of hydrogen-bond donors (Lipinski definition) is 1. The molecule has 7 nitrogen and oxygen atoms in total. The van der Waals surface area contributed by atoms with Crippen LogP contribution < -0.4 is 4.72 Å². The molecule has 1 atom stereocenters. The molecule has 3 aromatic rings. The minimum absolute atomic E-state index is 0.00430. The second-order valence-electron chi connectivity index (χ2n) is 7.93. The Hall–Kier alpha value is -3.70. The van der Waals surface area contributed by atoms with E-state index in [9.17, 15) is 40.0 Å². The number of nitrogens with zero attached hydrogens (tertiary/aromatic N) is 4.